The van der Waals surface area contributed by atoms with Gasteiger partial charge in [0.2, 0.25) is 0 Å². The molecule has 2 nitrogen and oxygen atoms in total. The van der Waals surface area contributed by atoms with Crippen molar-refractivity contribution in [1.29, 1.82) is 0 Å². The highest BCUT2D eigenvalue weighted by Crippen LogP contribution is 2.19. The molecule has 0 radical (unpaired) electrons. The van der Waals surface area contributed by atoms with Crippen LogP contribution in [0.4, 0.5) is 0 Å². The summed E-state index contributed by atoms with van der Waals surface area (Å²) in [6.45, 7) is 8.86. The van der Waals surface area contributed by atoms with Crippen LogP contribution in [0.3, 0.4) is 0 Å². The summed E-state index contributed by atoms with van der Waals surface area (Å²) in [7, 11) is 0. The maximum absolute atomic E-state index is 12.7. The molecule has 50 heavy (non-hydrogen) atoms. The van der Waals surface area contributed by atoms with Crippen LogP contribution in [0, 0.1) is 0 Å². The van der Waals surface area contributed by atoms with E-state index in [4.69, 9.17) is 4.74 Å². The van der Waals surface area contributed by atoms with Crippen LogP contribution < -0.4 is 0 Å². The third kappa shape index (κ3) is 39.0. The minimum absolute atomic E-state index is 0.0414. The van der Waals surface area contributed by atoms with Gasteiger partial charge in [-0.2, -0.15) is 0 Å². The molecule has 0 rings (SSSR count). The lowest BCUT2D eigenvalue weighted by atomic mass is 10.0. The van der Waals surface area contributed by atoms with E-state index in [-0.39, 0.29) is 12.1 Å². The molecule has 2 heteroatoms. The van der Waals surface area contributed by atoms with E-state index in [9.17, 15) is 4.79 Å². The summed E-state index contributed by atoms with van der Waals surface area (Å²) >= 11 is 0. The highest BCUT2D eigenvalue weighted by atomic mass is 16.5. The molecular formula is C48H86O2. The number of hydrogen-bond donors (Lipinski definition) is 0. The number of allylic oxidation sites excluding steroid dienone is 10. The van der Waals surface area contributed by atoms with Crippen LogP contribution in [-0.2, 0) is 9.53 Å². The first kappa shape index (κ1) is 48.2. The largest absolute Gasteiger partial charge is 0.462 e. The van der Waals surface area contributed by atoms with Gasteiger partial charge in [-0.15, -0.1) is 0 Å². The number of hydrogen-bond acceptors (Lipinski definition) is 2. The van der Waals surface area contributed by atoms with Crippen molar-refractivity contribution in [2.24, 2.45) is 0 Å². The fraction of sp³-hybridized carbons (Fsp3) is 0.771. The molecule has 0 aromatic carbocycles. The van der Waals surface area contributed by atoms with Gasteiger partial charge in [0.1, 0.15) is 6.10 Å². The minimum Gasteiger partial charge on any atom is -0.462 e. The van der Waals surface area contributed by atoms with Gasteiger partial charge in [0.15, 0.2) is 0 Å². The maximum atomic E-state index is 12.7. The molecular weight excluding hydrogens is 609 g/mol. The van der Waals surface area contributed by atoms with E-state index in [1.54, 1.807) is 0 Å². The maximum Gasteiger partial charge on any atom is 0.306 e. The van der Waals surface area contributed by atoms with Gasteiger partial charge in [0, 0.05) is 6.42 Å². The molecule has 0 saturated heterocycles. The van der Waals surface area contributed by atoms with Crippen molar-refractivity contribution in [2.75, 3.05) is 0 Å². The van der Waals surface area contributed by atoms with Crippen LogP contribution in [0.25, 0.3) is 0 Å². The third-order valence-corrected chi connectivity index (χ3v) is 9.95. The number of unbranched alkanes of at least 4 members (excludes halogenated alkanes) is 21. The van der Waals surface area contributed by atoms with Gasteiger partial charge in [-0.3, -0.25) is 4.79 Å². The minimum atomic E-state index is 0.0414. The predicted octanol–water partition coefficient (Wildman–Crippen LogP) is 16.6. The fourth-order valence-electron chi connectivity index (χ4n) is 6.40. The smallest absolute Gasteiger partial charge is 0.306 e. The standard InChI is InChI=1S/C48H86O2/c1-5-8-10-12-14-16-18-20-22-24-26-28-30-32-34-39-43-47(50-48(49)45-41-37-36-38-42-46(4)7-3)44-40-35-33-31-29-27-25-23-21-19-17-15-13-11-9-6-2/h7,14-17,20-23,47H,5-6,8-13,18-19,24-45H2,1-4H3. The van der Waals surface area contributed by atoms with Gasteiger partial charge in [0.25, 0.3) is 0 Å². The highest BCUT2D eigenvalue weighted by Gasteiger charge is 2.14. The van der Waals surface area contributed by atoms with Crippen molar-refractivity contribution >= 4 is 5.97 Å². The summed E-state index contributed by atoms with van der Waals surface area (Å²) in [5.74, 6) is 0.0414. The fourth-order valence-corrected chi connectivity index (χ4v) is 6.40. The quantitative estimate of drug-likeness (QED) is 0.0365. The molecule has 0 aliphatic heterocycles. The number of carbonyl (C=O) groups is 1. The molecule has 0 bridgehead atoms. The molecule has 0 fully saturated rings. The highest BCUT2D eigenvalue weighted by molar-refractivity contribution is 5.69. The molecule has 0 aromatic heterocycles. The summed E-state index contributed by atoms with van der Waals surface area (Å²) in [5, 5.41) is 0. The van der Waals surface area contributed by atoms with Crippen LogP contribution in [0.2, 0.25) is 0 Å². The molecule has 0 heterocycles. The Hall–Kier alpha value is -1.83. The van der Waals surface area contributed by atoms with Crippen LogP contribution >= 0.6 is 0 Å². The summed E-state index contributed by atoms with van der Waals surface area (Å²) in [6, 6.07) is 0. The second kappa shape index (κ2) is 41.6. The molecule has 0 spiro atoms. The van der Waals surface area contributed by atoms with E-state index in [0.717, 1.165) is 38.5 Å². The SMILES string of the molecule is CC=C(C)CCCCCCC(=O)OC(CCCCCCCCC=CCC=CCCCCC)CCCCCCCCC=CCC=CCCCCC. The zero-order valence-electron chi connectivity index (χ0n) is 34.2. The Labute approximate surface area is 314 Å². The molecule has 0 atom stereocenters. The second-order valence-electron chi connectivity index (χ2n) is 14.9. The van der Waals surface area contributed by atoms with Crippen molar-refractivity contribution in [1.82, 2.24) is 0 Å². The average Bonchev–Trinajstić information content (AvgIpc) is 3.12. The summed E-state index contributed by atoms with van der Waals surface area (Å²) in [6.07, 6.45) is 60.0. The molecule has 0 aliphatic rings. The zero-order chi connectivity index (χ0) is 36.4. The van der Waals surface area contributed by atoms with E-state index in [1.807, 2.05) is 0 Å². The van der Waals surface area contributed by atoms with Crippen LogP contribution in [0.1, 0.15) is 233 Å². The van der Waals surface area contributed by atoms with Crippen molar-refractivity contribution in [3.05, 3.63) is 60.3 Å². The van der Waals surface area contributed by atoms with E-state index >= 15 is 0 Å². The Bertz CT molecular complexity index is 796. The Balaban J connectivity index is 4.17. The van der Waals surface area contributed by atoms with Crippen LogP contribution in [-0.4, -0.2) is 12.1 Å². The molecule has 0 saturated carbocycles. The Kier molecular flexibility index (Phi) is 40.1. The lowest BCUT2D eigenvalue weighted by Gasteiger charge is -2.18. The first-order chi connectivity index (χ1) is 24.6. The van der Waals surface area contributed by atoms with E-state index in [2.05, 4.69) is 82.4 Å². The monoisotopic (exact) mass is 695 g/mol. The Morgan fingerprint density at radius 1 is 0.460 bits per heavy atom. The van der Waals surface area contributed by atoms with E-state index in [1.165, 1.54) is 166 Å². The first-order valence-corrected chi connectivity index (χ1v) is 22.0. The van der Waals surface area contributed by atoms with Crippen LogP contribution in [0.5, 0.6) is 0 Å². The van der Waals surface area contributed by atoms with Gasteiger partial charge in [0.05, 0.1) is 0 Å². The van der Waals surface area contributed by atoms with Crippen molar-refractivity contribution in [2.45, 2.75) is 239 Å². The number of rotatable bonds is 38. The normalized spacial score (nSPS) is 13.2. The number of carbonyl (C=O) groups excluding carboxylic acids is 1. The molecule has 290 valence electrons. The van der Waals surface area contributed by atoms with E-state index in [0.29, 0.717) is 6.42 Å². The average molecular weight is 695 g/mol. The zero-order valence-corrected chi connectivity index (χ0v) is 34.2. The summed E-state index contributed by atoms with van der Waals surface area (Å²) < 4.78 is 6.09. The molecule has 0 aromatic rings. The van der Waals surface area contributed by atoms with Crippen molar-refractivity contribution < 1.29 is 9.53 Å². The van der Waals surface area contributed by atoms with Gasteiger partial charge < -0.3 is 4.74 Å². The summed E-state index contributed by atoms with van der Waals surface area (Å²) in [4.78, 5) is 12.7. The number of esters is 1. The van der Waals surface area contributed by atoms with Gasteiger partial charge in [-0.05, 0) is 123 Å². The number of ether oxygens (including phenoxy) is 1. The third-order valence-electron chi connectivity index (χ3n) is 9.95. The van der Waals surface area contributed by atoms with Crippen LogP contribution in [0.15, 0.2) is 60.3 Å². The van der Waals surface area contributed by atoms with Gasteiger partial charge in [-0.25, -0.2) is 0 Å². The predicted molar refractivity (Wildman–Crippen MR) is 225 cm³/mol. The van der Waals surface area contributed by atoms with Gasteiger partial charge >= 0.3 is 5.97 Å². The Morgan fingerprint density at radius 3 is 1.24 bits per heavy atom. The molecule has 0 unspecified atom stereocenters. The van der Waals surface area contributed by atoms with Crippen molar-refractivity contribution in [3.63, 3.8) is 0 Å². The first-order valence-electron chi connectivity index (χ1n) is 22.0. The molecule has 0 aliphatic carbocycles. The van der Waals surface area contributed by atoms with Gasteiger partial charge in [-0.1, -0.05) is 164 Å². The van der Waals surface area contributed by atoms with Crippen molar-refractivity contribution in [3.8, 4) is 0 Å². The summed E-state index contributed by atoms with van der Waals surface area (Å²) in [5.41, 5.74) is 1.47. The lowest BCUT2D eigenvalue weighted by molar-refractivity contribution is -0.150. The molecule has 0 amide bonds. The van der Waals surface area contributed by atoms with E-state index < -0.39 is 0 Å². The lowest BCUT2D eigenvalue weighted by Crippen LogP contribution is -2.18. The topological polar surface area (TPSA) is 26.3 Å². The Morgan fingerprint density at radius 2 is 0.820 bits per heavy atom. The molecule has 0 N–H and O–H groups in total. The second-order valence-corrected chi connectivity index (χ2v) is 14.9.